The van der Waals surface area contributed by atoms with Gasteiger partial charge in [0.15, 0.2) is 0 Å². The summed E-state index contributed by atoms with van der Waals surface area (Å²) in [6.07, 6.45) is 0. The molecule has 0 radical (unpaired) electrons. The van der Waals surface area contributed by atoms with Crippen LogP contribution in [-0.4, -0.2) is 15.9 Å². The molecule has 0 bridgehead atoms. The summed E-state index contributed by atoms with van der Waals surface area (Å²) in [6, 6.07) is 4.16. The van der Waals surface area contributed by atoms with E-state index in [0.29, 0.717) is 23.8 Å². The fourth-order valence-electron chi connectivity index (χ4n) is 1.63. The van der Waals surface area contributed by atoms with E-state index >= 15 is 0 Å². The average molecular weight is 295 g/mol. The monoisotopic (exact) mass is 295 g/mol. The Bertz CT molecular complexity index is 628. The van der Waals surface area contributed by atoms with E-state index in [9.17, 15) is 14.5 Å². The Morgan fingerprint density at radius 3 is 2.90 bits per heavy atom. The summed E-state index contributed by atoms with van der Waals surface area (Å²) >= 11 is 1.47. The summed E-state index contributed by atoms with van der Waals surface area (Å²) in [5.74, 6) is -0.837. The zero-order valence-electron chi connectivity index (χ0n) is 11.1. The molecule has 0 unspecified atom stereocenters. The molecule has 1 aromatic carbocycles. The lowest BCUT2D eigenvalue weighted by atomic mass is 10.1. The lowest BCUT2D eigenvalue weighted by Gasteiger charge is -2.04. The van der Waals surface area contributed by atoms with Crippen molar-refractivity contribution in [1.29, 1.82) is 0 Å². The molecule has 2 aromatic rings. The lowest BCUT2D eigenvalue weighted by Crippen LogP contribution is -2.21. The Balaban J connectivity index is 2.24. The number of nitrogens with one attached hydrogen (secondary N) is 1. The van der Waals surface area contributed by atoms with E-state index in [4.69, 9.17) is 0 Å². The van der Waals surface area contributed by atoms with Crippen LogP contribution in [-0.2, 0) is 6.54 Å². The number of nitrogens with zero attached hydrogens (tertiary/aromatic N) is 2. The van der Waals surface area contributed by atoms with Crippen molar-refractivity contribution in [3.63, 3.8) is 0 Å². The van der Waals surface area contributed by atoms with E-state index in [-0.39, 0.29) is 0 Å². The summed E-state index contributed by atoms with van der Waals surface area (Å²) in [7, 11) is 0. The van der Waals surface area contributed by atoms with Gasteiger partial charge in [-0.2, -0.15) is 4.39 Å². The van der Waals surface area contributed by atoms with E-state index in [0.717, 1.165) is 11.1 Å². The zero-order valence-corrected chi connectivity index (χ0v) is 11.9. The quantitative estimate of drug-likeness (QED) is 0.678. The molecule has 0 aliphatic rings. The van der Waals surface area contributed by atoms with Crippen molar-refractivity contribution in [3.8, 4) is 11.3 Å². The molecule has 0 spiro atoms. The SMILES string of the molecule is CC(C)NCc1nc(-c2ccc(F)c([N+](=O)[O-])c2)cs1. The standard InChI is InChI=1S/C13H14FN3O2S/c1-8(2)15-6-13-16-11(7-20-13)9-3-4-10(14)12(5-9)17(18)19/h3-5,7-8,15H,6H2,1-2H3. The number of nitro groups is 1. The van der Waals surface area contributed by atoms with Crippen molar-refractivity contribution >= 4 is 17.0 Å². The molecule has 2 rings (SSSR count). The number of halogens is 1. The maximum atomic E-state index is 13.3. The molecule has 0 saturated carbocycles. The first kappa shape index (κ1) is 14.5. The van der Waals surface area contributed by atoms with Crippen LogP contribution in [0.2, 0.25) is 0 Å². The third kappa shape index (κ3) is 3.37. The van der Waals surface area contributed by atoms with Gasteiger partial charge in [-0.05, 0) is 12.1 Å². The Kier molecular flexibility index (Phi) is 4.41. The molecule has 106 valence electrons. The molecule has 1 heterocycles. The predicted octanol–water partition coefficient (Wildman–Crippen LogP) is 3.36. The van der Waals surface area contributed by atoms with Crippen molar-refractivity contribution in [2.75, 3.05) is 0 Å². The van der Waals surface area contributed by atoms with Crippen LogP contribution in [0.25, 0.3) is 11.3 Å². The van der Waals surface area contributed by atoms with E-state index in [1.54, 1.807) is 0 Å². The summed E-state index contributed by atoms with van der Waals surface area (Å²) in [6.45, 7) is 4.72. The molecule has 7 heteroatoms. The largest absolute Gasteiger partial charge is 0.308 e. The molecule has 0 aliphatic heterocycles. The summed E-state index contributed by atoms with van der Waals surface area (Å²) in [5, 5.41) is 16.7. The van der Waals surface area contributed by atoms with Gasteiger partial charge >= 0.3 is 5.69 Å². The fraction of sp³-hybridized carbons (Fsp3) is 0.308. The lowest BCUT2D eigenvalue weighted by molar-refractivity contribution is -0.387. The third-order valence-electron chi connectivity index (χ3n) is 2.65. The van der Waals surface area contributed by atoms with Gasteiger partial charge in [-0.15, -0.1) is 11.3 Å². The highest BCUT2D eigenvalue weighted by Gasteiger charge is 2.16. The first-order chi connectivity index (χ1) is 9.47. The smallest absolute Gasteiger partial charge is 0.305 e. The number of aromatic nitrogens is 1. The van der Waals surface area contributed by atoms with Crippen molar-refractivity contribution in [2.45, 2.75) is 26.4 Å². The van der Waals surface area contributed by atoms with Crippen molar-refractivity contribution in [1.82, 2.24) is 10.3 Å². The molecular weight excluding hydrogens is 281 g/mol. The molecule has 1 N–H and O–H groups in total. The van der Waals surface area contributed by atoms with Crippen LogP contribution >= 0.6 is 11.3 Å². The summed E-state index contributed by atoms with van der Waals surface area (Å²) < 4.78 is 13.3. The molecule has 0 fully saturated rings. The number of benzene rings is 1. The minimum atomic E-state index is -0.837. The minimum Gasteiger partial charge on any atom is -0.308 e. The highest BCUT2D eigenvalue weighted by atomic mass is 32.1. The molecule has 20 heavy (non-hydrogen) atoms. The van der Waals surface area contributed by atoms with Crippen molar-refractivity contribution in [3.05, 3.63) is 44.5 Å². The Morgan fingerprint density at radius 1 is 1.50 bits per heavy atom. The zero-order chi connectivity index (χ0) is 14.7. The maximum absolute atomic E-state index is 13.3. The van der Waals surface area contributed by atoms with Gasteiger partial charge in [0.05, 0.1) is 10.6 Å². The van der Waals surface area contributed by atoms with Gasteiger partial charge in [0.1, 0.15) is 5.01 Å². The van der Waals surface area contributed by atoms with Crippen LogP contribution < -0.4 is 5.32 Å². The van der Waals surface area contributed by atoms with Crippen molar-refractivity contribution in [2.24, 2.45) is 0 Å². The Hall–Kier alpha value is -1.86. The van der Waals surface area contributed by atoms with Crippen molar-refractivity contribution < 1.29 is 9.31 Å². The highest BCUT2D eigenvalue weighted by Crippen LogP contribution is 2.27. The first-order valence-corrected chi connectivity index (χ1v) is 6.97. The molecule has 0 atom stereocenters. The van der Waals surface area contributed by atoms with Gasteiger partial charge in [-0.1, -0.05) is 13.8 Å². The van der Waals surface area contributed by atoms with Gasteiger partial charge in [-0.25, -0.2) is 4.98 Å². The van der Waals surface area contributed by atoms with E-state index in [1.165, 1.54) is 23.5 Å². The van der Waals surface area contributed by atoms with Crippen LogP contribution in [0.3, 0.4) is 0 Å². The second-order valence-electron chi connectivity index (χ2n) is 4.59. The van der Waals surface area contributed by atoms with Gasteiger partial charge in [0, 0.05) is 29.6 Å². The third-order valence-corrected chi connectivity index (χ3v) is 3.50. The van der Waals surface area contributed by atoms with Crippen LogP contribution in [0.4, 0.5) is 10.1 Å². The normalized spacial score (nSPS) is 11.0. The predicted molar refractivity (Wildman–Crippen MR) is 76.1 cm³/mol. The molecule has 5 nitrogen and oxygen atoms in total. The number of nitro benzene ring substituents is 1. The fourth-order valence-corrected chi connectivity index (χ4v) is 2.38. The highest BCUT2D eigenvalue weighted by molar-refractivity contribution is 7.09. The van der Waals surface area contributed by atoms with Crippen LogP contribution in [0.15, 0.2) is 23.6 Å². The minimum absolute atomic E-state index is 0.356. The van der Waals surface area contributed by atoms with Gasteiger partial charge < -0.3 is 5.32 Å². The van der Waals surface area contributed by atoms with E-state index in [1.807, 2.05) is 19.2 Å². The second-order valence-corrected chi connectivity index (χ2v) is 5.53. The number of thiazole rings is 1. The topological polar surface area (TPSA) is 68.1 Å². The average Bonchev–Trinajstić information content (AvgIpc) is 2.85. The van der Waals surface area contributed by atoms with Gasteiger partial charge in [-0.3, -0.25) is 10.1 Å². The first-order valence-electron chi connectivity index (χ1n) is 6.09. The molecule has 1 aromatic heterocycles. The molecule has 0 aliphatic carbocycles. The summed E-state index contributed by atoms with van der Waals surface area (Å²) in [5.41, 5.74) is 0.640. The molecule has 0 saturated heterocycles. The van der Waals surface area contributed by atoms with Crippen LogP contribution in [0.5, 0.6) is 0 Å². The number of rotatable bonds is 5. The maximum Gasteiger partial charge on any atom is 0.305 e. The number of hydrogen-bond acceptors (Lipinski definition) is 5. The van der Waals surface area contributed by atoms with Gasteiger partial charge in [0.25, 0.3) is 0 Å². The molecule has 0 amide bonds. The van der Waals surface area contributed by atoms with Gasteiger partial charge in [0.2, 0.25) is 5.82 Å². The number of hydrogen-bond donors (Lipinski definition) is 1. The second kappa shape index (κ2) is 6.06. The Labute approximate surface area is 119 Å². The van der Waals surface area contributed by atoms with Crippen LogP contribution in [0.1, 0.15) is 18.9 Å². The summed E-state index contributed by atoms with van der Waals surface area (Å²) in [4.78, 5) is 14.4. The van der Waals surface area contributed by atoms with E-state index < -0.39 is 16.4 Å². The molecular formula is C13H14FN3O2S. The van der Waals surface area contributed by atoms with Crippen LogP contribution in [0, 0.1) is 15.9 Å². The van der Waals surface area contributed by atoms with E-state index in [2.05, 4.69) is 10.3 Å². The Morgan fingerprint density at radius 2 is 2.25 bits per heavy atom.